The lowest BCUT2D eigenvalue weighted by Gasteiger charge is -2.18. The SMILES string of the molecule is CC(COC(F)F)CN(C)CN. The van der Waals surface area contributed by atoms with Crippen molar-refractivity contribution in [2.45, 2.75) is 13.5 Å². The standard InChI is InChI=1S/C7H16F2N2O/c1-6(3-11(2)5-10)4-12-7(8)9/h6-7H,3-5,10H2,1-2H3. The fourth-order valence-electron chi connectivity index (χ4n) is 0.896. The van der Waals surface area contributed by atoms with Gasteiger partial charge in [-0.2, -0.15) is 8.78 Å². The lowest BCUT2D eigenvalue weighted by Crippen LogP contribution is -2.31. The summed E-state index contributed by atoms with van der Waals surface area (Å²) >= 11 is 0. The fraction of sp³-hybridized carbons (Fsp3) is 1.00. The van der Waals surface area contributed by atoms with Gasteiger partial charge in [0.05, 0.1) is 6.61 Å². The first-order chi connectivity index (χ1) is 5.56. The van der Waals surface area contributed by atoms with E-state index in [1.165, 1.54) is 0 Å². The Bertz CT molecular complexity index is 114. The molecule has 1 atom stereocenters. The molecule has 0 spiro atoms. The molecule has 5 heteroatoms. The number of rotatable bonds is 6. The van der Waals surface area contributed by atoms with Crippen molar-refractivity contribution in [2.75, 3.05) is 26.9 Å². The third-order valence-corrected chi connectivity index (χ3v) is 1.44. The molecule has 0 radical (unpaired) electrons. The molecule has 0 amide bonds. The number of halogens is 2. The first-order valence-corrected chi connectivity index (χ1v) is 3.84. The maximum atomic E-state index is 11.6. The minimum Gasteiger partial charge on any atom is -0.323 e. The van der Waals surface area contributed by atoms with Crippen LogP contribution in [-0.2, 0) is 4.74 Å². The molecule has 0 saturated heterocycles. The highest BCUT2D eigenvalue weighted by atomic mass is 19.3. The van der Waals surface area contributed by atoms with Gasteiger partial charge in [0.1, 0.15) is 0 Å². The summed E-state index contributed by atoms with van der Waals surface area (Å²) in [6.07, 6.45) is 0. The van der Waals surface area contributed by atoms with Gasteiger partial charge in [0, 0.05) is 13.2 Å². The van der Waals surface area contributed by atoms with Crippen molar-refractivity contribution in [3.8, 4) is 0 Å². The quantitative estimate of drug-likeness (QED) is 0.615. The molecule has 0 aliphatic carbocycles. The van der Waals surface area contributed by atoms with Gasteiger partial charge in [0.15, 0.2) is 0 Å². The van der Waals surface area contributed by atoms with Gasteiger partial charge < -0.3 is 10.5 Å². The van der Waals surface area contributed by atoms with E-state index in [1.807, 2.05) is 18.9 Å². The third kappa shape index (κ3) is 6.45. The molecular formula is C7H16F2N2O. The van der Waals surface area contributed by atoms with Crippen LogP contribution < -0.4 is 5.73 Å². The summed E-state index contributed by atoms with van der Waals surface area (Å²) in [5.41, 5.74) is 5.31. The van der Waals surface area contributed by atoms with Crippen LogP contribution in [0.2, 0.25) is 0 Å². The predicted octanol–water partition coefficient (Wildman–Crippen LogP) is 0.710. The highest BCUT2D eigenvalue weighted by Gasteiger charge is 2.08. The molecule has 2 N–H and O–H groups in total. The molecule has 12 heavy (non-hydrogen) atoms. The van der Waals surface area contributed by atoms with Gasteiger partial charge in [0.25, 0.3) is 0 Å². The van der Waals surface area contributed by atoms with Crippen molar-refractivity contribution in [3.63, 3.8) is 0 Å². The van der Waals surface area contributed by atoms with E-state index in [1.54, 1.807) is 0 Å². The Balaban J connectivity index is 3.39. The normalized spacial score (nSPS) is 14.2. The molecule has 3 nitrogen and oxygen atoms in total. The zero-order valence-electron chi connectivity index (χ0n) is 7.46. The molecule has 0 aromatic carbocycles. The highest BCUT2D eigenvalue weighted by molar-refractivity contribution is 4.55. The third-order valence-electron chi connectivity index (χ3n) is 1.44. The predicted molar refractivity (Wildman–Crippen MR) is 42.8 cm³/mol. The molecule has 74 valence electrons. The van der Waals surface area contributed by atoms with Crippen molar-refractivity contribution < 1.29 is 13.5 Å². The first-order valence-electron chi connectivity index (χ1n) is 3.84. The second kappa shape index (κ2) is 6.28. The van der Waals surface area contributed by atoms with E-state index in [-0.39, 0.29) is 12.5 Å². The number of nitrogens with zero attached hydrogens (tertiary/aromatic N) is 1. The summed E-state index contributed by atoms with van der Waals surface area (Å²) in [6, 6.07) is 0. The highest BCUT2D eigenvalue weighted by Crippen LogP contribution is 2.02. The van der Waals surface area contributed by atoms with E-state index in [0.717, 1.165) is 0 Å². The molecule has 0 saturated carbocycles. The molecule has 0 aliphatic rings. The van der Waals surface area contributed by atoms with Crippen LogP contribution in [0.3, 0.4) is 0 Å². The van der Waals surface area contributed by atoms with E-state index in [9.17, 15) is 8.78 Å². The van der Waals surface area contributed by atoms with Crippen LogP contribution in [0, 0.1) is 5.92 Å². The summed E-state index contributed by atoms with van der Waals surface area (Å²) in [6.45, 7) is 0.342. The van der Waals surface area contributed by atoms with Crippen LogP contribution in [0.4, 0.5) is 8.78 Å². The van der Waals surface area contributed by atoms with Crippen LogP contribution in [0.1, 0.15) is 6.92 Å². The Hall–Kier alpha value is -0.260. The Morgan fingerprint density at radius 3 is 2.50 bits per heavy atom. The van der Waals surface area contributed by atoms with E-state index >= 15 is 0 Å². The van der Waals surface area contributed by atoms with Gasteiger partial charge in [-0.15, -0.1) is 0 Å². The number of hydrogen-bond acceptors (Lipinski definition) is 3. The topological polar surface area (TPSA) is 38.5 Å². The van der Waals surface area contributed by atoms with Crippen LogP contribution in [-0.4, -0.2) is 38.4 Å². The molecule has 0 rings (SSSR count). The average molecular weight is 182 g/mol. The van der Waals surface area contributed by atoms with Crippen molar-refractivity contribution in [1.82, 2.24) is 4.90 Å². The molecule has 1 unspecified atom stereocenters. The Morgan fingerprint density at radius 2 is 2.08 bits per heavy atom. The largest absolute Gasteiger partial charge is 0.345 e. The van der Waals surface area contributed by atoms with Crippen LogP contribution in [0.25, 0.3) is 0 Å². The van der Waals surface area contributed by atoms with Crippen molar-refractivity contribution in [3.05, 3.63) is 0 Å². The second-order valence-corrected chi connectivity index (χ2v) is 2.92. The molecule has 0 aromatic heterocycles. The minimum absolute atomic E-state index is 0.0714. The number of alkyl halides is 2. The zero-order chi connectivity index (χ0) is 9.56. The van der Waals surface area contributed by atoms with E-state index in [0.29, 0.717) is 13.2 Å². The summed E-state index contributed by atoms with van der Waals surface area (Å²) in [5, 5.41) is 0. The van der Waals surface area contributed by atoms with Gasteiger partial charge in [-0.25, -0.2) is 0 Å². The van der Waals surface area contributed by atoms with E-state index in [4.69, 9.17) is 5.73 Å². The Morgan fingerprint density at radius 1 is 1.50 bits per heavy atom. The van der Waals surface area contributed by atoms with E-state index < -0.39 is 6.61 Å². The minimum atomic E-state index is -2.67. The maximum Gasteiger partial charge on any atom is 0.345 e. The van der Waals surface area contributed by atoms with Crippen LogP contribution >= 0.6 is 0 Å². The van der Waals surface area contributed by atoms with Crippen molar-refractivity contribution in [1.29, 1.82) is 0 Å². The van der Waals surface area contributed by atoms with Gasteiger partial charge in [0.2, 0.25) is 0 Å². The van der Waals surface area contributed by atoms with Gasteiger partial charge >= 0.3 is 6.61 Å². The molecule has 0 aliphatic heterocycles. The summed E-state index contributed by atoms with van der Waals surface area (Å²) in [4.78, 5) is 1.85. The lowest BCUT2D eigenvalue weighted by molar-refractivity contribution is -0.137. The summed E-state index contributed by atoms with van der Waals surface area (Å²) < 4.78 is 27.3. The van der Waals surface area contributed by atoms with Gasteiger partial charge in [-0.3, -0.25) is 4.90 Å². The summed E-state index contributed by atoms with van der Waals surface area (Å²) in [7, 11) is 1.83. The number of nitrogens with two attached hydrogens (primary N) is 1. The Labute approximate surface area is 71.5 Å². The molecule has 0 aromatic rings. The molecular weight excluding hydrogens is 166 g/mol. The smallest absolute Gasteiger partial charge is 0.323 e. The van der Waals surface area contributed by atoms with Gasteiger partial charge in [-0.1, -0.05) is 6.92 Å². The van der Waals surface area contributed by atoms with Crippen molar-refractivity contribution >= 4 is 0 Å². The molecule has 0 bridgehead atoms. The molecule has 0 fully saturated rings. The zero-order valence-corrected chi connectivity index (χ0v) is 7.46. The van der Waals surface area contributed by atoms with Crippen LogP contribution in [0.5, 0.6) is 0 Å². The summed E-state index contributed by atoms with van der Waals surface area (Å²) in [5.74, 6) is 0.0764. The fourth-order valence-corrected chi connectivity index (χ4v) is 0.896. The number of ether oxygens (including phenoxy) is 1. The first kappa shape index (κ1) is 11.7. The molecule has 0 heterocycles. The van der Waals surface area contributed by atoms with E-state index in [2.05, 4.69) is 4.74 Å². The maximum absolute atomic E-state index is 11.6. The van der Waals surface area contributed by atoms with Crippen molar-refractivity contribution in [2.24, 2.45) is 11.7 Å². The Kier molecular flexibility index (Phi) is 6.14. The average Bonchev–Trinajstić information content (AvgIpc) is 2.00. The monoisotopic (exact) mass is 182 g/mol. The lowest BCUT2D eigenvalue weighted by atomic mass is 10.2. The number of hydrogen-bond donors (Lipinski definition) is 1. The van der Waals surface area contributed by atoms with Crippen LogP contribution in [0.15, 0.2) is 0 Å². The second-order valence-electron chi connectivity index (χ2n) is 2.92. The van der Waals surface area contributed by atoms with Gasteiger partial charge in [-0.05, 0) is 13.0 Å².